The summed E-state index contributed by atoms with van der Waals surface area (Å²) in [5.74, 6) is -0.146. The van der Waals surface area contributed by atoms with Crippen molar-refractivity contribution in [3.05, 3.63) is 88.9 Å². The zero-order valence-electron chi connectivity index (χ0n) is 23.6. The summed E-state index contributed by atoms with van der Waals surface area (Å²) < 4.78 is 16.3. The van der Waals surface area contributed by atoms with Crippen molar-refractivity contribution in [3.63, 3.8) is 0 Å². The Labute approximate surface area is 242 Å². The van der Waals surface area contributed by atoms with Crippen LogP contribution in [0.15, 0.2) is 54.9 Å². The first-order valence-corrected chi connectivity index (χ1v) is 14.3. The third-order valence-electron chi connectivity index (χ3n) is 7.52. The van der Waals surface area contributed by atoms with Crippen LogP contribution in [0.3, 0.4) is 0 Å². The number of H-pyrrole nitrogens is 1. The van der Waals surface area contributed by atoms with Gasteiger partial charge in [0.1, 0.15) is 11.4 Å². The van der Waals surface area contributed by atoms with E-state index in [4.69, 9.17) is 0 Å². The molecule has 0 aliphatic heterocycles. The van der Waals surface area contributed by atoms with E-state index in [2.05, 4.69) is 41.9 Å². The van der Waals surface area contributed by atoms with Gasteiger partial charge < -0.3 is 15.4 Å². The average Bonchev–Trinajstić information content (AvgIpc) is 3.57. The van der Waals surface area contributed by atoms with Crippen LogP contribution in [0.4, 0.5) is 4.39 Å². The Morgan fingerprint density at radius 3 is 2.71 bits per heavy atom. The number of aromatic nitrogens is 7. The van der Waals surface area contributed by atoms with E-state index in [1.807, 2.05) is 12.1 Å². The van der Waals surface area contributed by atoms with Crippen LogP contribution < -0.4 is 5.32 Å². The number of benzene rings is 1. The van der Waals surface area contributed by atoms with Gasteiger partial charge in [-0.15, -0.1) is 10.2 Å². The topological polar surface area (TPSA) is 134 Å². The lowest BCUT2D eigenvalue weighted by Crippen LogP contribution is -2.23. The first-order chi connectivity index (χ1) is 20.3. The number of unbranched alkanes of at least 4 members (excludes halogenated alkanes) is 1. The summed E-state index contributed by atoms with van der Waals surface area (Å²) in [6.45, 7) is 4.26. The fraction of sp³-hybridized carbons (Fsp3) is 0.355. The molecule has 0 saturated heterocycles. The molecule has 1 aliphatic rings. The second-order valence-electron chi connectivity index (χ2n) is 11.4. The molecule has 1 aliphatic carbocycles. The van der Waals surface area contributed by atoms with Crippen LogP contribution in [0.1, 0.15) is 78.5 Å². The van der Waals surface area contributed by atoms with E-state index >= 15 is 0 Å². The van der Waals surface area contributed by atoms with Crippen molar-refractivity contribution in [3.8, 4) is 11.3 Å². The van der Waals surface area contributed by atoms with E-state index in [0.29, 0.717) is 35.9 Å². The Morgan fingerprint density at radius 1 is 1.14 bits per heavy atom. The molecular weight excluding hydrogens is 535 g/mol. The predicted molar refractivity (Wildman–Crippen MR) is 155 cm³/mol. The summed E-state index contributed by atoms with van der Waals surface area (Å²) in [6, 6.07) is 12.5. The number of aliphatic hydroxyl groups is 1. The van der Waals surface area contributed by atoms with Gasteiger partial charge in [-0.1, -0.05) is 23.4 Å². The number of halogens is 1. The maximum Gasteiger partial charge on any atom is 0.273 e. The molecule has 5 aromatic rings. The molecule has 6 rings (SSSR count). The maximum absolute atomic E-state index is 14.6. The Bertz CT molecular complexity index is 1720. The highest BCUT2D eigenvalue weighted by Gasteiger charge is 2.31. The molecule has 10 nitrogen and oxygen atoms in total. The van der Waals surface area contributed by atoms with Gasteiger partial charge in [0.2, 0.25) is 0 Å². The SMILES string of the molecule is CC(C)(O)c1ccc(CNC(=O)c2cn(CCCCc3cc4c(C5CC5)c(-c5ccccc5F)[nH]c4nn3)nn2)cn1. The van der Waals surface area contributed by atoms with E-state index in [9.17, 15) is 14.3 Å². The van der Waals surface area contributed by atoms with E-state index in [1.165, 1.54) is 6.07 Å². The molecule has 3 N–H and O–H groups in total. The van der Waals surface area contributed by atoms with Crippen LogP contribution in [0.5, 0.6) is 0 Å². The summed E-state index contributed by atoms with van der Waals surface area (Å²) in [6.07, 6.45) is 7.90. The molecule has 4 heterocycles. The maximum atomic E-state index is 14.6. The number of carbonyl (C=O) groups excluding carboxylic acids is 1. The van der Waals surface area contributed by atoms with Crippen LogP contribution >= 0.6 is 0 Å². The van der Waals surface area contributed by atoms with Crippen molar-refractivity contribution in [1.29, 1.82) is 0 Å². The van der Waals surface area contributed by atoms with Crippen molar-refractivity contribution in [2.24, 2.45) is 0 Å². The van der Waals surface area contributed by atoms with Gasteiger partial charge in [-0.05, 0) is 87.3 Å². The van der Waals surface area contributed by atoms with Crippen molar-refractivity contribution in [1.82, 2.24) is 40.5 Å². The summed E-state index contributed by atoms with van der Waals surface area (Å²) in [7, 11) is 0. The number of hydrogen-bond donors (Lipinski definition) is 3. The molecule has 0 bridgehead atoms. The number of fused-ring (bicyclic) bond motifs is 1. The van der Waals surface area contributed by atoms with Gasteiger partial charge in [-0.3, -0.25) is 14.5 Å². The number of amides is 1. The summed E-state index contributed by atoms with van der Waals surface area (Å²) in [5.41, 5.74) is 4.72. The molecule has 0 unspecified atom stereocenters. The minimum Gasteiger partial charge on any atom is -0.384 e. The number of nitrogens with one attached hydrogen (secondary N) is 2. The average molecular weight is 569 g/mol. The lowest BCUT2D eigenvalue weighted by molar-refractivity contribution is 0.0737. The standard InChI is InChI=1S/C31H33FN8O2/c1-31(2,42)26-13-10-19(16-33-26)17-34-30(41)25-18-40(39-37-25)14-6-5-7-21-15-23-27(20-11-12-20)28(35-29(23)38-36-21)22-8-3-4-9-24(22)32/h3-4,8-10,13,15-16,18,20,42H,5-7,11-12,14,17H2,1-2H3,(H,34,41)(H,35,38). The third kappa shape index (κ3) is 6.06. The largest absolute Gasteiger partial charge is 0.384 e. The summed E-state index contributed by atoms with van der Waals surface area (Å²) >= 11 is 0. The zero-order valence-corrected chi connectivity index (χ0v) is 23.6. The number of aromatic amines is 1. The molecule has 1 aromatic carbocycles. The lowest BCUT2D eigenvalue weighted by atomic mass is 10.0. The van der Waals surface area contributed by atoms with Gasteiger partial charge in [0.25, 0.3) is 5.91 Å². The van der Waals surface area contributed by atoms with Gasteiger partial charge >= 0.3 is 0 Å². The molecule has 1 amide bonds. The highest BCUT2D eigenvalue weighted by atomic mass is 19.1. The number of carbonyl (C=O) groups is 1. The van der Waals surface area contributed by atoms with Crippen molar-refractivity contribution in [2.45, 2.75) is 70.6 Å². The molecule has 42 heavy (non-hydrogen) atoms. The Balaban J connectivity index is 1.03. The first-order valence-electron chi connectivity index (χ1n) is 14.3. The smallest absolute Gasteiger partial charge is 0.273 e. The molecule has 4 aromatic heterocycles. The van der Waals surface area contributed by atoms with E-state index in [-0.39, 0.29) is 17.4 Å². The Morgan fingerprint density at radius 2 is 1.98 bits per heavy atom. The van der Waals surface area contributed by atoms with E-state index in [0.717, 1.165) is 60.0 Å². The molecule has 0 spiro atoms. The number of pyridine rings is 1. The van der Waals surface area contributed by atoms with Crippen LogP contribution in [0.25, 0.3) is 22.3 Å². The van der Waals surface area contributed by atoms with Crippen molar-refractivity contribution >= 4 is 16.9 Å². The highest BCUT2D eigenvalue weighted by molar-refractivity contribution is 5.92. The second-order valence-corrected chi connectivity index (χ2v) is 11.4. The summed E-state index contributed by atoms with van der Waals surface area (Å²) in [5, 5.41) is 30.8. The number of hydrogen-bond acceptors (Lipinski definition) is 7. The van der Waals surface area contributed by atoms with Crippen molar-refractivity contribution < 1.29 is 14.3 Å². The fourth-order valence-electron chi connectivity index (χ4n) is 5.10. The second kappa shape index (κ2) is 11.4. The molecule has 1 saturated carbocycles. The van der Waals surface area contributed by atoms with Crippen molar-refractivity contribution in [2.75, 3.05) is 0 Å². The molecule has 216 valence electrons. The minimum atomic E-state index is -1.02. The quantitative estimate of drug-likeness (QED) is 0.195. The Hall–Kier alpha value is -4.51. The molecular formula is C31H33FN8O2. The highest BCUT2D eigenvalue weighted by Crippen LogP contribution is 2.47. The van der Waals surface area contributed by atoms with Gasteiger partial charge in [0.15, 0.2) is 11.3 Å². The number of nitrogens with zero attached hydrogens (tertiary/aromatic N) is 6. The van der Waals surface area contributed by atoms with Crippen LogP contribution in [0.2, 0.25) is 0 Å². The van der Waals surface area contributed by atoms with Gasteiger partial charge in [-0.25, -0.2) is 4.39 Å². The third-order valence-corrected chi connectivity index (χ3v) is 7.52. The predicted octanol–water partition coefficient (Wildman–Crippen LogP) is 4.81. The normalized spacial score (nSPS) is 13.5. The monoisotopic (exact) mass is 568 g/mol. The summed E-state index contributed by atoms with van der Waals surface area (Å²) in [4.78, 5) is 20.1. The van der Waals surface area contributed by atoms with Gasteiger partial charge in [0.05, 0.1) is 23.3 Å². The zero-order chi connectivity index (χ0) is 29.3. The molecule has 11 heteroatoms. The first kappa shape index (κ1) is 27.6. The lowest BCUT2D eigenvalue weighted by Gasteiger charge is -2.16. The van der Waals surface area contributed by atoms with Crippen LogP contribution in [-0.2, 0) is 25.1 Å². The molecule has 0 atom stereocenters. The van der Waals surface area contributed by atoms with Gasteiger partial charge in [0, 0.05) is 30.2 Å². The van der Waals surface area contributed by atoms with Crippen LogP contribution in [0, 0.1) is 5.82 Å². The van der Waals surface area contributed by atoms with E-state index < -0.39 is 5.60 Å². The fourth-order valence-corrected chi connectivity index (χ4v) is 5.10. The Kier molecular flexibility index (Phi) is 7.51. The number of rotatable bonds is 11. The van der Waals surface area contributed by atoms with Crippen LogP contribution in [-0.4, -0.2) is 46.2 Å². The minimum absolute atomic E-state index is 0.247. The van der Waals surface area contributed by atoms with E-state index in [1.54, 1.807) is 49.1 Å². The van der Waals surface area contributed by atoms with Gasteiger partial charge in [-0.2, -0.15) is 5.10 Å². The molecule has 1 fully saturated rings. The number of aryl methyl sites for hydroxylation is 2. The molecule has 0 radical (unpaired) electrons.